The van der Waals surface area contributed by atoms with Crippen molar-refractivity contribution in [3.8, 4) is 11.5 Å². The van der Waals surface area contributed by atoms with Crippen LogP contribution >= 0.6 is 0 Å². The lowest BCUT2D eigenvalue weighted by Crippen LogP contribution is -2.59. The molecule has 0 spiro atoms. The number of aromatic hydroxyl groups is 1. The van der Waals surface area contributed by atoms with Gasteiger partial charge < -0.3 is 9.84 Å². The van der Waals surface area contributed by atoms with Gasteiger partial charge in [-0.05, 0) is 55.2 Å². The van der Waals surface area contributed by atoms with Gasteiger partial charge in [-0.25, -0.2) is 0 Å². The zero-order valence-electron chi connectivity index (χ0n) is 13.6. The first-order chi connectivity index (χ1) is 9.88. The van der Waals surface area contributed by atoms with E-state index < -0.39 is 0 Å². The first kappa shape index (κ1) is 13.5. The van der Waals surface area contributed by atoms with Crippen LogP contribution in [0, 0.1) is 17.3 Å². The van der Waals surface area contributed by atoms with E-state index in [1.54, 1.807) is 0 Å². The van der Waals surface area contributed by atoms with Crippen LogP contribution in [0.4, 0.5) is 0 Å². The Kier molecular flexibility index (Phi) is 2.55. The highest BCUT2D eigenvalue weighted by molar-refractivity contribution is 5.55. The molecule has 21 heavy (non-hydrogen) atoms. The Labute approximate surface area is 127 Å². The quantitative estimate of drug-likeness (QED) is 0.857. The van der Waals surface area contributed by atoms with Gasteiger partial charge in [0.15, 0.2) is 0 Å². The highest BCUT2D eigenvalue weighted by atomic mass is 16.5. The fourth-order valence-corrected chi connectivity index (χ4v) is 5.63. The summed E-state index contributed by atoms with van der Waals surface area (Å²) in [6.45, 7) is 9.20. The molecule has 2 fully saturated rings. The number of ether oxygens (including phenoxy) is 1. The summed E-state index contributed by atoms with van der Waals surface area (Å²) >= 11 is 0. The molecule has 0 amide bonds. The number of phenols is 1. The van der Waals surface area contributed by atoms with E-state index in [0.717, 1.165) is 36.5 Å². The van der Waals surface area contributed by atoms with Gasteiger partial charge in [-0.2, -0.15) is 0 Å². The van der Waals surface area contributed by atoms with Crippen LogP contribution in [-0.4, -0.2) is 10.7 Å². The number of hydrogen-bond donors (Lipinski definition) is 1. The van der Waals surface area contributed by atoms with Crippen molar-refractivity contribution in [3.63, 3.8) is 0 Å². The second-order valence-corrected chi connectivity index (χ2v) is 8.16. The molecule has 114 valence electrons. The van der Waals surface area contributed by atoms with Crippen molar-refractivity contribution in [1.29, 1.82) is 0 Å². The molecule has 1 aromatic carbocycles. The first-order valence-electron chi connectivity index (χ1n) is 8.43. The van der Waals surface area contributed by atoms with Crippen LogP contribution in [-0.2, 0) is 6.42 Å². The molecule has 1 aromatic rings. The van der Waals surface area contributed by atoms with Gasteiger partial charge in [-0.3, -0.25) is 0 Å². The Morgan fingerprint density at radius 1 is 1.29 bits per heavy atom. The number of benzene rings is 1. The fourth-order valence-electron chi connectivity index (χ4n) is 5.63. The van der Waals surface area contributed by atoms with Gasteiger partial charge in [-0.1, -0.05) is 27.2 Å². The summed E-state index contributed by atoms with van der Waals surface area (Å²) in [6.07, 6.45) is 4.51. The van der Waals surface area contributed by atoms with Crippen molar-refractivity contribution < 1.29 is 9.84 Å². The highest BCUT2D eigenvalue weighted by Gasteiger charge is 2.69. The third kappa shape index (κ3) is 1.54. The Balaban J connectivity index is 1.86. The lowest BCUT2D eigenvalue weighted by molar-refractivity contribution is -0.121. The second-order valence-electron chi connectivity index (χ2n) is 8.16. The number of rotatable bonds is 2. The van der Waals surface area contributed by atoms with E-state index in [0.29, 0.717) is 17.6 Å². The minimum Gasteiger partial charge on any atom is -0.508 e. The predicted molar refractivity (Wildman–Crippen MR) is 83.9 cm³/mol. The maximum absolute atomic E-state index is 10.6. The second kappa shape index (κ2) is 3.97. The maximum atomic E-state index is 10.6. The van der Waals surface area contributed by atoms with Gasteiger partial charge in [0.1, 0.15) is 17.1 Å². The summed E-state index contributed by atoms with van der Waals surface area (Å²) in [4.78, 5) is 0. The van der Waals surface area contributed by atoms with Crippen molar-refractivity contribution in [2.75, 3.05) is 0 Å². The molecule has 0 bridgehead atoms. The summed E-state index contributed by atoms with van der Waals surface area (Å²) in [5.41, 5.74) is 2.54. The highest BCUT2D eigenvalue weighted by Crippen LogP contribution is 2.74. The zero-order valence-corrected chi connectivity index (χ0v) is 13.6. The molecule has 1 heterocycles. The van der Waals surface area contributed by atoms with Gasteiger partial charge >= 0.3 is 0 Å². The monoisotopic (exact) mass is 286 g/mol. The third-order valence-corrected chi connectivity index (χ3v) is 6.58. The predicted octanol–water partition coefficient (Wildman–Crippen LogP) is 4.65. The minimum absolute atomic E-state index is 0.0187. The minimum atomic E-state index is -0.0187. The van der Waals surface area contributed by atoms with E-state index in [2.05, 4.69) is 33.8 Å². The van der Waals surface area contributed by atoms with E-state index in [-0.39, 0.29) is 11.0 Å². The molecule has 0 aromatic heterocycles. The number of phenolic OH excluding ortho intramolecular Hbond substituents is 1. The molecule has 4 rings (SSSR count). The fraction of sp³-hybridized carbons (Fsp3) is 0.684. The van der Waals surface area contributed by atoms with Crippen LogP contribution in [0.3, 0.4) is 0 Å². The van der Waals surface area contributed by atoms with E-state index in [4.69, 9.17) is 4.74 Å². The van der Waals surface area contributed by atoms with Crippen molar-refractivity contribution in [2.45, 2.75) is 64.9 Å². The molecule has 3 aliphatic rings. The largest absolute Gasteiger partial charge is 0.508 e. The van der Waals surface area contributed by atoms with Crippen molar-refractivity contribution >= 4 is 0 Å². The Bertz CT molecular complexity index is 604. The van der Waals surface area contributed by atoms with Crippen LogP contribution in [0.15, 0.2) is 12.1 Å². The van der Waals surface area contributed by atoms with Gasteiger partial charge in [0.25, 0.3) is 0 Å². The average molecular weight is 286 g/mol. The molecule has 2 saturated carbocycles. The first-order valence-corrected chi connectivity index (χ1v) is 8.43. The average Bonchev–Trinajstić information content (AvgIpc) is 2.72. The Morgan fingerprint density at radius 3 is 2.76 bits per heavy atom. The van der Waals surface area contributed by atoms with Crippen LogP contribution in [0.5, 0.6) is 11.5 Å². The smallest absolute Gasteiger partial charge is 0.127 e. The maximum Gasteiger partial charge on any atom is 0.127 e. The van der Waals surface area contributed by atoms with Crippen LogP contribution in [0.2, 0.25) is 0 Å². The number of aryl methyl sites for hydroxylation is 1. The number of fused-ring (bicyclic) bond motifs is 2. The standard InChI is InChI=1S/C19H26O2/c1-5-6-11-9-13(20)15-14(10-11)21-19(4)8-7-12-16(19)17(15)18(12,2)3/h9-10,12,16-17,20H,5-8H2,1-4H3/t12-,16+,17+,19+/m0/s1. The summed E-state index contributed by atoms with van der Waals surface area (Å²) < 4.78 is 6.45. The molecule has 0 unspecified atom stereocenters. The molecule has 2 aliphatic carbocycles. The molecule has 4 atom stereocenters. The van der Waals surface area contributed by atoms with Crippen LogP contribution < -0.4 is 4.74 Å². The SMILES string of the molecule is CCCc1cc(O)c2c(c1)O[C@]1(C)CC[C@H]3[C@@H]1[C@@H]2C3(C)C. The van der Waals surface area contributed by atoms with E-state index >= 15 is 0 Å². The summed E-state index contributed by atoms with van der Waals surface area (Å²) in [5, 5.41) is 10.6. The van der Waals surface area contributed by atoms with Crippen LogP contribution in [0.1, 0.15) is 64.0 Å². The Hall–Kier alpha value is -1.18. The molecular formula is C19H26O2. The third-order valence-electron chi connectivity index (χ3n) is 6.58. The summed E-state index contributed by atoms with van der Waals surface area (Å²) in [7, 11) is 0. The molecule has 2 heteroatoms. The molecular weight excluding hydrogens is 260 g/mol. The molecule has 2 nitrogen and oxygen atoms in total. The van der Waals surface area contributed by atoms with Crippen molar-refractivity contribution in [2.24, 2.45) is 17.3 Å². The lowest BCUT2D eigenvalue weighted by atomic mass is 9.45. The topological polar surface area (TPSA) is 29.5 Å². The van der Waals surface area contributed by atoms with Crippen LogP contribution in [0.25, 0.3) is 0 Å². The zero-order chi connectivity index (χ0) is 15.0. The molecule has 1 aliphatic heterocycles. The van der Waals surface area contributed by atoms with Gasteiger partial charge in [0.2, 0.25) is 0 Å². The normalized spacial score (nSPS) is 38.2. The summed E-state index contributed by atoms with van der Waals surface area (Å²) in [6, 6.07) is 4.15. The molecule has 0 saturated heterocycles. The van der Waals surface area contributed by atoms with E-state index in [1.807, 2.05) is 6.07 Å². The van der Waals surface area contributed by atoms with Crippen molar-refractivity contribution in [1.82, 2.24) is 0 Å². The molecule has 1 N–H and O–H groups in total. The lowest BCUT2D eigenvalue weighted by Gasteiger charge is -2.62. The van der Waals surface area contributed by atoms with E-state index in [9.17, 15) is 5.11 Å². The number of hydrogen-bond acceptors (Lipinski definition) is 2. The van der Waals surface area contributed by atoms with Gasteiger partial charge in [-0.15, -0.1) is 0 Å². The molecule has 0 radical (unpaired) electrons. The van der Waals surface area contributed by atoms with Crippen molar-refractivity contribution in [3.05, 3.63) is 23.3 Å². The Morgan fingerprint density at radius 2 is 2.05 bits per heavy atom. The van der Waals surface area contributed by atoms with Gasteiger partial charge in [0, 0.05) is 17.4 Å². The van der Waals surface area contributed by atoms with E-state index in [1.165, 1.54) is 12.0 Å². The summed E-state index contributed by atoms with van der Waals surface area (Å²) in [5.74, 6) is 3.20. The van der Waals surface area contributed by atoms with Gasteiger partial charge in [0.05, 0.1) is 0 Å².